The number of rotatable bonds is 8. The summed E-state index contributed by atoms with van der Waals surface area (Å²) in [5.41, 5.74) is 1.40. The Morgan fingerprint density at radius 2 is 2.07 bits per heavy atom. The topological polar surface area (TPSA) is 48.9 Å². The third-order valence-electron chi connectivity index (χ3n) is 4.50. The zero-order valence-corrected chi connectivity index (χ0v) is 16.0. The highest BCUT2D eigenvalue weighted by Gasteiger charge is 2.21. The molecule has 0 spiro atoms. The lowest BCUT2D eigenvalue weighted by Crippen LogP contribution is -2.49. The summed E-state index contributed by atoms with van der Waals surface area (Å²) >= 11 is 0. The molecule has 2 rings (SSSR count). The van der Waals surface area contributed by atoms with Crippen molar-refractivity contribution >= 4 is 5.96 Å². The van der Waals surface area contributed by atoms with Gasteiger partial charge in [-0.3, -0.25) is 4.90 Å². The zero-order chi connectivity index (χ0) is 19.6. The van der Waals surface area contributed by atoms with Gasteiger partial charge in [0.1, 0.15) is 5.82 Å². The lowest BCUT2D eigenvalue weighted by atomic mass is 10.1. The van der Waals surface area contributed by atoms with Crippen molar-refractivity contribution in [1.82, 2.24) is 15.5 Å². The standard InChI is InChI=1S/C19H29F3N4O/c1-3-23-19(25-16-6-8-26(9-7-16)12-18(21)22)24-11-14-4-5-17(20)15(10-14)13-27-2/h4-5,10,16,18H,3,6-9,11-13H2,1-2H3,(H2,23,24,25). The molecule has 1 aromatic carbocycles. The molecule has 0 aromatic heterocycles. The first-order valence-corrected chi connectivity index (χ1v) is 9.33. The number of piperidine rings is 1. The van der Waals surface area contributed by atoms with E-state index in [1.165, 1.54) is 13.2 Å². The van der Waals surface area contributed by atoms with Gasteiger partial charge >= 0.3 is 0 Å². The van der Waals surface area contributed by atoms with Crippen LogP contribution in [0.4, 0.5) is 13.2 Å². The molecule has 0 amide bonds. The third kappa shape index (κ3) is 7.38. The van der Waals surface area contributed by atoms with Crippen LogP contribution in [-0.2, 0) is 17.9 Å². The summed E-state index contributed by atoms with van der Waals surface area (Å²) in [5.74, 6) is 0.396. The van der Waals surface area contributed by atoms with E-state index in [4.69, 9.17) is 4.74 Å². The molecule has 1 heterocycles. The minimum Gasteiger partial charge on any atom is -0.380 e. The average Bonchev–Trinajstić information content (AvgIpc) is 2.63. The van der Waals surface area contributed by atoms with E-state index < -0.39 is 6.43 Å². The lowest BCUT2D eigenvalue weighted by molar-refractivity contribution is 0.0744. The van der Waals surface area contributed by atoms with Gasteiger partial charge in [-0.05, 0) is 37.5 Å². The Bertz CT molecular complexity index is 605. The minimum absolute atomic E-state index is 0.157. The van der Waals surface area contributed by atoms with Crippen molar-refractivity contribution in [2.75, 3.05) is 33.3 Å². The lowest BCUT2D eigenvalue weighted by Gasteiger charge is -2.32. The number of alkyl halides is 2. The van der Waals surface area contributed by atoms with Gasteiger partial charge in [0.2, 0.25) is 0 Å². The summed E-state index contributed by atoms with van der Waals surface area (Å²) in [4.78, 5) is 6.37. The van der Waals surface area contributed by atoms with E-state index in [9.17, 15) is 13.2 Å². The number of aliphatic imine (C=N–C) groups is 1. The van der Waals surface area contributed by atoms with Gasteiger partial charge in [0, 0.05) is 38.3 Å². The van der Waals surface area contributed by atoms with Crippen LogP contribution in [-0.4, -0.2) is 56.6 Å². The second kappa shape index (κ2) is 11.1. The number of halogens is 3. The molecule has 152 valence electrons. The normalized spacial score (nSPS) is 16.7. The Hall–Kier alpha value is -1.80. The summed E-state index contributed by atoms with van der Waals surface area (Å²) in [6.07, 6.45) is -0.691. The Labute approximate surface area is 159 Å². The van der Waals surface area contributed by atoms with Gasteiger partial charge in [-0.25, -0.2) is 18.2 Å². The van der Waals surface area contributed by atoms with E-state index in [1.54, 1.807) is 17.0 Å². The number of likely N-dealkylation sites (tertiary alicyclic amines) is 1. The van der Waals surface area contributed by atoms with Crippen LogP contribution in [0.15, 0.2) is 23.2 Å². The summed E-state index contributed by atoms with van der Waals surface area (Å²) in [6, 6.07) is 5.10. The number of nitrogens with zero attached hydrogens (tertiary/aromatic N) is 2. The van der Waals surface area contributed by atoms with Crippen molar-refractivity contribution in [1.29, 1.82) is 0 Å². The minimum atomic E-state index is -2.29. The van der Waals surface area contributed by atoms with Crippen LogP contribution >= 0.6 is 0 Å². The molecule has 1 aromatic rings. The maximum atomic E-state index is 13.7. The number of nitrogens with one attached hydrogen (secondary N) is 2. The molecule has 5 nitrogen and oxygen atoms in total. The first-order chi connectivity index (χ1) is 13.0. The van der Waals surface area contributed by atoms with Crippen LogP contribution in [0.5, 0.6) is 0 Å². The second-order valence-corrected chi connectivity index (χ2v) is 6.66. The summed E-state index contributed by atoms with van der Waals surface area (Å²) < 4.78 is 43.7. The Morgan fingerprint density at radius 3 is 2.70 bits per heavy atom. The fourth-order valence-corrected chi connectivity index (χ4v) is 3.13. The summed E-state index contributed by atoms with van der Waals surface area (Å²) in [5, 5.41) is 6.58. The maximum Gasteiger partial charge on any atom is 0.251 e. The van der Waals surface area contributed by atoms with E-state index in [1.807, 2.05) is 6.92 Å². The molecule has 1 aliphatic heterocycles. The van der Waals surface area contributed by atoms with Gasteiger partial charge in [0.25, 0.3) is 6.43 Å². The molecule has 27 heavy (non-hydrogen) atoms. The summed E-state index contributed by atoms with van der Waals surface area (Å²) in [6.45, 7) is 4.48. The number of hydrogen-bond acceptors (Lipinski definition) is 3. The largest absolute Gasteiger partial charge is 0.380 e. The van der Waals surface area contributed by atoms with E-state index in [-0.39, 0.29) is 25.0 Å². The molecule has 0 aliphatic carbocycles. The van der Waals surface area contributed by atoms with Crippen molar-refractivity contribution in [2.24, 2.45) is 4.99 Å². The maximum absolute atomic E-state index is 13.7. The fourth-order valence-electron chi connectivity index (χ4n) is 3.13. The molecule has 1 aliphatic rings. The molecule has 0 bridgehead atoms. The van der Waals surface area contributed by atoms with Crippen LogP contribution in [0.3, 0.4) is 0 Å². The van der Waals surface area contributed by atoms with E-state index in [0.29, 0.717) is 37.7 Å². The smallest absolute Gasteiger partial charge is 0.251 e. The molecular weight excluding hydrogens is 357 g/mol. The van der Waals surface area contributed by atoms with Gasteiger partial charge in [0.15, 0.2) is 5.96 Å². The van der Waals surface area contributed by atoms with Gasteiger partial charge in [-0.1, -0.05) is 6.07 Å². The van der Waals surface area contributed by atoms with Gasteiger partial charge in [0.05, 0.1) is 19.7 Å². The summed E-state index contributed by atoms with van der Waals surface area (Å²) in [7, 11) is 1.53. The van der Waals surface area contributed by atoms with Crippen LogP contribution in [0, 0.1) is 5.82 Å². The molecule has 0 atom stereocenters. The predicted octanol–water partition coefficient (Wildman–Crippen LogP) is 2.76. The molecular formula is C19H29F3N4O. The van der Waals surface area contributed by atoms with E-state index in [0.717, 1.165) is 18.4 Å². The molecule has 8 heteroatoms. The molecule has 0 radical (unpaired) electrons. The second-order valence-electron chi connectivity index (χ2n) is 6.66. The van der Waals surface area contributed by atoms with Crippen molar-refractivity contribution in [3.8, 4) is 0 Å². The predicted molar refractivity (Wildman–Crippen MR) is 101 cm³/mol. The number of ether oxygens (including phenoxy) is 1. The fraction of sp³-hybridized carbons (Fsp3) is 0.632. The van der Waals surface area contributed by atoms with Crippen molar-refractivity contribution in [2.45, 2.75) is 45.4 Å². The van der Waals surface area contributed by atoms with Crippen LogP contribution < -0.4 is 10.6 Å². The quantitative estimate of drug-likeness (QED) is 0.533. The van der Waals surface area contributed by atoms with Gasteiger partial charge in [-0.15, -0.1) is 0 Å². The Kier molecular flexibility index (Phi) is 8.87. The van der Waals surface area contributed by atoms with Crippen LogP contribution in [0.1, 0.15) is 30.9 Å². The van der Waals surface area contributed by atoms with Gasteiger partial charge in [-0.2, -0.15) is 0 Å². The number of hydrogen-bond donors (Lipinski definition) is 2. The van der Waals surface area contributed by atoms with Crippen LogP contribution in [0.2, 0.25) is 0 Å². The molecule has 0 saturated carbocycles. The van der Waals surface area contributed by atoms with Crippen molar-refractivity contribution < 1.29 is 17.9 Å². The number of methoxy groups -OCH3 is 1. The van der Waals surface area contributed by atoms with Crippen LogP contribution in [0.25, 0.3) is 0 Å². The molecule has 0 unspecified atom stereocenters. The first-order valence-electron chi connectivity index (χ1n) is 9.33. The van der Waals surface area contributed by atoms with Crippen molar-refractivity contribution in [3.63, 3.8) is 0 Å². The average molecular weight is 386 g/mol. The Balaban J connectivity index is 1.92. The first kappa shape index (κ1) is 21.5. The van der Waals surface area contributed by atoms with Crippen molar-refractivity contribution in [3.05, 3.63) is 35.1 Å². The zero-order valence-electron chi connectivity index (χ0n) is 16.0. The molecule has 1 saturated heterocycles. The Morgan fingerprint density at radius 1 is 1.33 bits per heavy atom. The molecule has 2 N–H and O–H groups in total. The van der Waals surface area contributed by atoms with E-state index in [2.05, 4.69) is 15.6 Å². The SMILES string of the molecule is CCNC(=NCc1ccc(F)c(COC)c1)NC1CCN(CC(F)F)CC1. The number of benzene rings is 1. The highest BCUT2D eigenvalue weighted by molar-refractivity contribution is 5.80. The highest BCUT2D eigenvalue weighted by atomic mass is 19.3. The van der Waals surface area contributed by atoms with E-state index >= 15 is 0 Å². The third-order valence-corrected chi connectivity index (χ3v) is 4.50. The van der Waals surface area contributed by atoms with Gasteiger partial charge < -0.3 is 15.4 Å². The monoisotopic (exact) mass is 386 g/mol. The molecule has 1 fully saturated rings. The highest BCUT2D eigenvalue weighted by Crippen LogP contribution is 2.14. The number of guanidine groups is 1.